The van der Waals surface area contributed by atoms with Crippen LogP contribution in [-0.4, -0.2) is 52.4 Å². The fraction of sp³-hybridized carbons (Fsp3) is 0.455. The smallest absolute Gasteiger partial charge is 0.253 e. The average Bonchev–Trinajstić information content (AvgIpc) is 2.93. The number of amides is 2. The van der Waals surface area contributed by atoms with Gasteiger partial charge in [0.1, 0.15) is 0 Å². The van der Waals surface area contributed by atoms with Crippen LogP contribution in [0.3, 0.4) is 0 Å². The van der Waals surface area contributed by atoms with Gasteiger partial charge in [-0.05, 0) is 42.2 Å². The lowest BCUT2D eigenvalue weighted by Gasteiger charge is -2.22. The Balaban J connectivity index is 1.57. The van der Waals surface area contributed by atoms with E-state index in [-0.39, 0.29) is 11.8 Å². The fourth-order valence-corrected chi connectivity index (χ4v) is 3.61. The maximum Gasteiger partial charge on any atom is 0.253 e. The van der Waals surface area contributed by atoms with Gasteiger partial charge in [-0.3, -0.25) is 9.59 Å². The molecular weight excluding hydrogens is 338 g/mol. The molecule has 144 valence electrons. The molecule has 5 heteroatoms. The standard InChI is InChI=1S/C22H29N3O2/c1-3-5-18-6-8-20(9-7-18)22(27)25-12-4-11-24(14-15-25)21(26)16-19-10-13-23(2)17-19/h6-10,13,17H,3-5,11-12,14-16H2,1-2H3. The van der Waals surface area contributed by atoms with Crippen LogP contribution in [-0.2, 0) is 24.7 Å². The van der Waals surface area contributed by atoms with Crippen molar-refractivity contribution in [3.63, 3.8) is 0 Å². The van der Waals surface area contributed by atoms with E-state index < -0.39 is 0 Å². The van der Waals surface area contributed by atoms with E-state index in [1.807, 2.05) is 64.1 Å². The molecule has 0 aliphatic carbocycles. The molecule has 27 heavy (non-hydrogen) atoms. The molecule has 0 N–H and O–H groups in total. The van der Waals surface area contributed by atoms with E-state index in [4.69, 9.17) is 0 Å². The van der Waals surface area contributed by atoms with E-state index in [2.05, 4.69) is 6.92 Å². The summed E-state index contributed by atoms with van der Waals surface area (Å²) in [6.45, 7) is 4.76. The molecule has 2 aromatic rings. The lowest BCUT2D eigenvalue weighted by molar-refractivity contribution is -0.130. The largest absolute Gasteiger partial charge is 0.357 e. The molecular formula is C22H29N3O2. The van der Waals surface area contributed by atoms with Gasteiger partial charge >= 0.3 is 0 Å². The highest BCUT2D eigenvalue weighted by atomic mass is 16.2. The molecule has 1 aromatic heterocycles. The maximum absolute atomic E-state index is 12.8. The summed E-state index contributed by atoms with van der Waals surface area (Å²) in [6.07, 6.45) is 7.32. The van der Waals surface area contributed by atoms with E-state index in [9.17, 15) is 9.59 Å². The van der Waals surface area contributed by atoms with Gasteiger partial charge in [0.2, 0.25) is 5.91 Å². The van der Waals surface area contributed by atoms with Crippen molar-refractivity contribution in [3.8, 4) is 0 Å². The lowest BCUT2D eigenvalue weighted by Crippen LogP contribution is -2.38. The lowest BCUT2D eigenvalue weighted by atomic mass is 10.1. The molecule has 0 bridgehead atoms. The van der Waals surface area contributed by atoms with Gasteiger partial charge in [-0.25, -0.2) is 0 Å². The summed E-state index contributed by atoms with van der Waals surface area (Å²) in [5.74, 6) is 0.204. The van der Waals surface area contributed by atoms with Gasteiger partial charge in [-0.1, -0.05) is 25.5 Å². The first kappa shape index (κ1) is 19.2. The Bertz CT molecular complexity index is 779. The molecule has 2 amide bonds. The minimum absolute atomic E-state index is 0.0652. The predicted molar refractivity (Wildman–Crippen MR) is 107 cm³/mol. The highest BCUT2D eigenvalue weighted by Crippen LogP contribution is 2.13. The molecule has 3 rings (SSSR count). The Morgan fingerprint density at radius 1 is 0.926 bits per heavy atom. The molecule has 0 unspecified atom stereocenters. The molecule has 0 radical (unpaired) electrons. The first-order chi connectivity index (χ1) is 13.1. The second kappa shape index (κ2) is 8.89. The topological polar surface area (TPSA) is 45.6 Å². The van der Waals surface area contributed by atoms with Crippen molar-refractivity contribution >= 4 is 11.8 Å². The van der Waals surface area contributed by atoms with Crippen LogP contribution >= 0.6 is 0 Å². The highest BCUT2D eigenvalue weighted by molar-refractivity contribution is 5.94. The molecule has 0 saturated carbocycles. The summed E-state index contributed by atoms with van der Waals surface area (Å²) >= 11 is 0. The van der Waals surface area contributed by atoms with Gasteiger partial charge in [-0.2, -0.15) is 0 Å². The number of aryl methyl sites for hydroxylation is 2. The van der Waals surface area contributed by atoms with Gasteiger partial charge in [-0.15, -0.1) is 0 Å². The minimum Gasteiger partial charge on any atom is -0.357 e. The van der Waals surface area contributed by atoms with E-state index in [0.717, 1.165) is 30.4 Å². The SMILES string of the molecule is CCCc1ccc(C(=O)N2CCCN(C(=O)Cc3ccn(C)c3)CC2)cc1. The van der Waals surface area contributed by atoms with Crippen molar-refractivity contribution in [2.24, 2.45) is 7.05 Å². The van der Waals surface area contributed by atoms with Crippen LogP contribution < -0.4 is 0 Å². The molecule has 1 aliphatic rings. The van der Waals surface area contributed by atoms with E-state index in [0.29, 0.717) is 32.6 Å². The second-order valence-corrected chi connectivity index (χ2v) is 7.34. The second-order valence-electron chi connectivity index (χ2n) is 7.34. The predicted octanol–water partition coefficient (Wildman–Crippen LogP) is 2.89. The first-order valence-corrected chi connectivity index (χ1v) is 9.83. The Labute approximate surface area is 161 Å². The van der Waals surface area contributed by atoms with Crippen LogP contribution in [0.15, 0.2) is 42.7 Å². The summed E-state index contributed by atoms with van der Waals surface area (Å²) < 4.78 is 1.96. The number of carbonyl (C=O) groups excluding carboxylic acids is 2. The summed E-state index contributed by atoms with van der Waals surface area (Å²) in [6, 6.07) is 9.93. The van der Waals surface area contributed by atoms with Gasteiger partial charge in [0.05, 0.1) is 6.42 Å². The van der Waals surface area contributed by atoms with Crippen LogP contribution in [0.1, 0.15) is 41.3 Å². The van der Waals surface area contributed by atoms with Gasteiger partial charge in [0, 0.05) is 51.2 Å². The fourth-order valence-electron chi connectivity index (χ4n) is 3.61. The molecule has 0 spiro atoms. The normalized spacial score (nSPS) is 14.9. The van der Waals surface area contributed by atoms with Crippen LogP contribution in [0.2, 0.25) is 0 Å². The molecule has 1 aromatic carbocycles. The van der Waals surface area contributed by atoms with Crippen molar-refractivity contribution in [2.45, 2.75) is 32.6 Å². The van der Waals surface area contributed by atoms with Crippen LogP contribution in [0.25, 0.3) is 0 Å². The highest BCUT2D eigenvalue weighted by Gasteiger charge is 2.23. The first-order valence-electron chi connectivity index (χ1n) is 9.83. The third-order valence-corrected chi connectivity index (χ3v) is 5.12. The van der Waals surface area contributed by atoms with E-state index in [1.54, 1.807) is 0 Å². The van der Waals surface area contributed by atoms with Crippen molar-refractivity contribution in [1.29, 1.82) is 0 Å². The van der Waals surface area contributed by atoms with Crippen molar-refractivity contribution < 1.29 is 9.59 Å². The third-order valence-electron chi connectivity index (χ3n) is 5.12. The number of hydrogen-bond acceptors (Lipinski definition) is 2. The Morgan fingerprint density at radius 2 is 1.63 bits per heavy atom. The number of nitrogens with zero attached hydrogens (tertiary/aromatic N) is 3. The Kier molecular flexibility index (Phi) is 6.32. The van der Waals surface area contributed by atoms with Crippen LogP contribution in [0.4, 0.5) is 0 Å². The number of benzene rings is 1. The summed E-state index contributed by atoms with van der Waals surface area (Å²) in [7, 11) is 1.96. The third kappa shape index (κ3) is 5.00. The van der Waals surface area contributed by atoms with Gasteiger partial charge < -0.3 is 14.4 Å². The monoisotopic (exact) mass is 367 g/mol. The van der Waals surface area contributed by atoms with Crippen LogP contribution in [0.5, 0.6) is 0 Å². The summed E-state index contributed by atoms with van der Waals surface area (Å²) in [5.41, 5.74) is 3.04. The zero-order chi connectivity index (χ0) is 19.2. The average molecular weight is 367 g/mol. The molecule has 5 nitrogen and oxygen atoms in total. The molecule has 1 aliphatic heterocycles. The molecule has 1 fully saturated rings. The van der Waals surface area contributed by atoms with Gasteiger partial charge in [0.25, 0.3) is 5.91 Å². The van der Waals surface area contributed by atoms with Crippen molar-refractivity contribution in [2.75, 3.05) is 26.2 Å². The Morgan fingerprint density at radius 3 is 2.30 bits per heavy atom. The molecule has 0 atom stereocenters. The molecule has 2 heterocycles. The zero-order valence-corrected chi connectivity index (χ0v) is 16.4. The Hall–Kier alpha value is -2.56. The number of hydrogen-bond donors (Lipinski definition) is 0. The number of carbonyl (C=O) groups is 2. The number of aromatic nitrogens is 1. The molecule has 1 saturated heterocycles. The maximum atomic E-state index is 12.8. The van der Waals surface area contributed by atoms with Crippen LogP contribution in [0, 0.1) is 0 Å². The van der Waals surface area contributed by atoms with E-state index in [1.165, 1.54) is 5.56 Å². The van der Waals surface area contributed by atoms with E-state index >= 15 is 0 Å². The minimum atomic E-state index is 0.0652. The van der Waals surface area contributed by atoms with Gasteiger partial charge in [0.15, 0.2) is 0 Å². The summed E-state index contributed by atoms with van der Waals surface area (Å²) in [5, 5.41) is 0. The number of rotatable bonds is 5. The summed E-state index contributed by atoms with van der Waals surface area (Å²) in [4.78, 5) is 29.2. The quantitative estimate of drug-likeness (QED) is 0.816. The van der Waals surface area contributed by atoms with Crippen molar-refractivity contribution in [3.05, 3.63) is 59.4 Å². The van der Waals surface area contributed by atoms with Crippen molar-refractivity contribution in [1.82, 2.24) is 14.4 Å². The zero-order valence-electron chi connectivity index (χ0n) is 16.4.